The van der Waals surface area contributed by atoms with Gasteiger partial charge in [0.15, 0.2) is 5.78 Å². The maximum Gasteiger partial charge on any atom is 0.164 e. The van der Waals surface area contributed by atoms with Crippen molar-refractivity contribution in [1.82, 2.24) is 0 Å². The summed E-state index contributed by atoms with van der Waals surface area (Å²) in [5, 5.41) is 0. The van der Waals surface area contributed by atoms with Crippen LogP contribution in [-0.2, 0) is 0 Å². The van der Waals surface area contributed by atoms with E-state index in [1.54, 1.807) is 0 Å². The normalized spacial score (nSPS) is 15.1. The third-order valence-corrected chi connectivity index (χ3v) is 3.97. The van der Waals surface area contributed by atoms with E-state index in [4.69, 9.17) is 5.73 Å². The fraction of sp³-hybridized carbons (Fsp3) is 0.462. The molecule has 1 aliphatic rings. The zero-order valence-electron chi connectivity index (χ0n) is 9.32. The molecule has 0 bridgehead atoms. The molecule has 1 saturated carbocycles. The SMILES string of the molecule is NCCC(=O)c1ccc(SCC2CC2)cc1. The van der Waals surface area contributed by atoms with Crippen molar-refractivity contribution in [3.05, 3.63) is 29.8 Å². The lowest BCUT2D eigenvalue weighted by atomic mass is 10.1. The van der Waals surface area contributed by atoms with Crippen LogP contribution < -0.4 is 5.73 Å². The van der Waals surface area contributed by atoms with E-state index in [-0.39, 0.29) is 5.78 Å². The van der Waals surface area contributed by atoms with Crippen molar-refractivity contribution >= 4 is 17.5 Å². The molecule has 16 heavy (non-hydrogen) atoms. The first-order valence-corrected chi connectivity index (χ1v) is 6.74. The second-order valence-electron chi connectivity index (χ2n) is 4.24. The van der Waals surface area contributed by atoms with Gasteiger partial charge in [0.2, 0.25) is 0 Å². The van der Waals surface area contributed by atoms with Crippen LogP contribution in [0.3, 0.4) is 0 Å². The monoisotopic (exact) mass is 235 g/mol. The van der Waals surface area contributed by atoms with E-state index in [1.165, 1.54) is 23.5 Å². The summed E-state index contributed by atoms with van der Waals surface area (Å²) in [4.78, 5) is 12.8. The Bertz CT molecular complexity index is 357. The maximum atomic E-state index is 11.5. The highest BCUT2D eigenvalue weighted by atomic mass is 32.2. The third-order valence-electron chi connectivity index (χ3n) is 2.73. The lowest BCUT2D eigenvalue weighted by molar-refractivity contribution is 0.0985. The molecule has 1 aromatic carbocycles. The zero-order valence-corrected chi connectivity index (χ0v) is 10.1. The summed E-state index contributed by atoms with van der Waals surface area (Å²) in [6.07, 6.45) is 3.22. The van der Waals surface area contributed by atoms with Gasteiger partial charge in [0.25, 0.3) is 0 Å². The Morgan fingerprint density at radius 3 is 2.56 bits per heavy atom. The minimum atomic E-state index is 0.140. The molecule has 2 rings (SSSR count). The Morgan fingerprint density at radius 1 is 1.31 bits per heavy atom. The molecule has 2 N–H and O–H groups in total. The van der Waals surface area contributed by atoms with Gasteiger partial charge in [-0.2, -0.15) is 0 Å². The van der Waals surface area contributed by atoms with Gasteiger partial charge in [-0.15, -0.1) is 11.8 Å². The van der Waals surface area contributed by atoms with Crippen molar-refractivity contribution in [3.8, 4) is 0 Å². The second kappa shape index (κ2) is 5.51. The van der Waals surface area contributed by atoms with Crippen LogP contribution in [0.15, 0.2) is 29.2 Å². The molecule has 0 amide bonds. The van der Waals surface area contributed by atoms with Crippen molar-refractivity contribution in [2.24, 2.45) is 11.7 Å². The number of hydrogen-bond acceptors (Lipinski definition) is 3. The summed E-state index contributed by atoms with van der Waals surface area (Å²) >= 11 is 1.89. The summed E-state index contributed by atoms with van der Waals surface area (Å²) in [5.41, 5.74) is 6.14. The minimum absolute atomic E-state index is 0.140. The van der Waals surface area contributed by atoms with Crippen LogP contribution in [0.25, 0.3) is 0 Å². The summed E-state index contributed by atoms with van der Waals surface area (Å²) in [6, 6.07) is 7.90. The molecular formula is C13H17NOS. The Balaban J connectivity index is 1.89. The standard InChI is InChI=1S/C13H17NOS/c14-8-7-13(15)11-3-5-12(6-4-11)16-9-10-1-2-10/h3-6,10H,1-2,7-9,14H2. The smallest absolute Gasteiger partial charge is 0.164 e. The van der Waals surface area contributed by atoms with Crippen LogP contribution in [0.4, 0.5) is 0 Å². The van der Waals surface area contributed by atoms with E-state index in [0.717, 1.165) is 11.5 Å². The van der Waals surface area contributed by atoms with Gasteiger partial charge in [0.1, 0.15) is 0 Å². The number of carbonyl (C=O) groups excluding carboxylic acids is 1. The Labute approximate surface area is 101 Å². The van der Waals surface area contributed by atoms with Gasteiger partial charge < -0.3 is 5.73 Å². The molecule has 86 valence electrons. The van der Waals surface area contributed by atoms with E-state index in [9.17, 15) is 4.79 Å². The highest BCUT2D eigenvalue weighted by molar-refractivity contribution is 7.99. The topological polar surface area (TPSA) is 43.1 Å². The molecule has 0 radical (unpaired) electrons. The molecule has 0 spiro atoms. The molecular weight excluding hydrogens is 218 g/mol. The highest BCUT2D eigenvalue weighted by Crippen LogP contribution is 2.34. The molecule has 1 aromatic rings. The van der Waals surface area contributed by atoms with E-state index >= 15 is 0 Å². The highest BCUT2D eigenvalue weighted by Gasteiger charge is 2.20. The summed E-state index contributed by atoms with van der Waals surface area (Å²) < 4.78 is 0. The second-order valence-corrected chi connectivity index (χ2v) is 5.33. The van der Waals surface area contributed by atoms with Gasteiger partial charge in [-0.3, -0.25) is 4.79 Å². The first kappa shape index (κ1) is 11.7. The Morgan fingerprint density at radius 2 is 2.00 bits per heavy atom. The molecule has 1 fully saturated rings. The summed E-state index contributed by atoms with van der Waals surface area (Å²) in [7, 11) is 0. The average molecular weight is 235 g/mol. The number of carbonyl (C=O) groups is 1. The van der Waals surface area contributed by atoms with E-state index in [0.29, 0.717) is 13.0 Å². The van der Waals surface area contributed by atoms with Crippen molar-refractivity contribution < 1.29 is 4.79 Å². The minimum Gasteiger partial charge on any atom is -0.330 e. The van der Waals surface area contributed by atoms with Crippen LogP contribution in [0.2, 0.25) is 0 Å². The Hall–Kier alpha value is -0.800. The van der Waals surface area contributed by atoms with Crippen molar-refractivity contribution in [1.29, 1.82) is 0 Å². The van der Waals surface area contributed by atoms with E-state index in [1.807, 2.05) is 36.0 Å². The average Bonchev–Trinajstić information content (AvgIpc) is 3.11. The lowest BCUT2D eigenvalue weighted by Gasteiger charge is -2.02. The first-order chi connectivity index (χ1) is 7.79. The van der Waals surface area contributed by atoms with Crippen LogP contribution >= 0.6 is 11.8 Å². The van der Waals surface area contributed by atoms with Gasteiger partial charge in [-0.05, 0) is 37.4 Å². The number of thioether (sulfide) groups is 1. The third kappa shape index (κ3) is 3.35. The Kier molecular flexibility index (Phi) is 4.02. The molecule has 0 atom stereocenters. The number of benzene rings is 1. The molecule has 1 aliphatic carbocycles. The molecule has 0 unspecified atom stereocenters. The number of ketones is 1. The molecule has 0 saturated heterocycles. The maximum absolute atomic E-state index is 11.5. The molecule has 2 nitrogen and oxygen atoms in total. The largest absolute Gasteiger partial charge is 0.330 e. The predicted octanol–water partition coefficient (Wildman–Crippen LogP) is 2.72. The number of hydrogen-bond donors (Lipinski definition) is 1. The van der Waals surface area contributed by atoms with Crippen molar-refractivity contribution in [2.75, 3.05) is 12.3 Å². The van der Waals surface area contributed by atoms with Crippen LogP contribution in [0.5, 0.6) is 0 Å². The zero-order chi connectivity index (χ0) is 11.4. The first-order valence-electron chi connectivity index (χ1n) is 5.75. The lowest BCUT2D eigenvalue weighted by Crippen LogP contribution is -2.07. The van der Waals surface area contributed by atoms with Gasteiger partial charge >= 0.3 is 0 Å². The van der Waals surface area contributed by atoms with Crippen LogP contribution in [0.1, 0.15) is 29.6 Å². The van der Waals surface area contributed by atoms with E-state index < -0.39 is 0 Å². The number of nitrogens with two attached hydrogens (primary N) is 1. The summed E-state index contributed by atoms with van der Waals surface area (Å²) in [5.74, 6) is 2.29. The van der Waals surface area contributed by atoms with E-state index in [2.05, 4.69) is 0 Å². The van der Waals surface area contributed by atoms with Crippen LogP contribution in [0, 0.1) is 5.92 Å². The van der Waals surface area contributed by atoms with Crippen LogP contribution in [-0.4, -0.2) is 18.1 Å². The summed E-state index contributed by atoms with van der Waals surface area (Å²) in [6.45, 7) is 0.428. The molecule has 0 aromatic heterocycles. The molecule has 0 heterocycles. The van der Waals surface area contributed by atoms with Gasteiger partial charge in [0.05, 0.1) is 0 Å². The van der Waals surface area contributed by atoms with Gasteiger partial charge in [-0.1, -0.05) is 12.1 Å². The number of Topliss-reactive ketones (excluding diaryl/α,β-unsaturated/α-hetero) is 1. The van der Waals surface area contributed by atoms with Gasteiger partial charge in [-0.25, -0.2) is 0 Å². The fourth-order valence-corrected chi connectivity index (χ4v) is 2.60. The fourth-order valence-electron chi connectivity index (χ4n) is 1.51. The van der Waals surface area contributed by atoms with Crippen molar-refractivity contribution in [3.63, 3.8) is 0 Å². The van der Waals surface area contributed by atoms with Gasteiger partial charge in [0, 0.05) is 22.6 Å². The predicted molar refractivity (Wildman–Crippen MR) is 67.9 cm³/mol. The molecule has 3 heteroatoms. The van der Waals surface area contributed by atoms with Crippen molar-refractivity contribution in [2.45, 2.75) is 24.2 Å². The molecule has 0 aliphatic heterocycles. The number of rotatable bonds is 6. The quantitative estimate of drug-likeness (QED) is 0.609.